The van der Waals surface area contributed by atoms with Crippen LogP contribution in [0.5, 0.6) is 0 Å². The smallest absolute Gasteiger partial charge is 0.462 e. The number of aliphatic hydroxyl groups excluding tert-OH is 1. The van der Waals surface area contributed by atoms with E-state index in [1.165, 1.54) is 25.7 Å². The van der Waals surface area contributed by atoms with E-state index in [-0.39, 0.29) is 25.9 Å². The third kappa shape index (κ3) is 53.0. The zero-order chi connectivity index (χ0) is 54.1. The molecule has 0 spiro atoms. The van der Waals surface area contributed by atoms with Crippen molar-refractivity contribution in [3.8, 4) is 0 Å². The van der Waals surface area contributed by atoms with E-state index in [1.807, 2.05) is 0 Å². The summed E-state index contributed by atoms with van der Waals surface area (Å²) in [5.74, 6) is -1.54. The first kappa shape index (κ1) is 70.1. The maximum atomic E-state index is 12.9. The van der Waals surface area contributed by atoms with Crippen molar-refractivity contribution in [1.82, 2.24) is 0 Å². The molecule has 2 N–H and O–H groups in total. The monoisotopic (exact) mass is 1050 g/mol. The van der Waals surface area contributed by atoms with Crippen LogP contribution >= 0.6 is 7.82 Å². The molecule has 0 saturated heterocycles. The van der Waals surface area contributed by atoms with Gasteiger partial charge in [0.15, 0.2) is 6.10 Å². The first-order valence-electron chi connectivity index (χ1n) is 28.8. The molecule has 0 bridgehead atoms. The Labute approximate surface area is 450 Å². The highest BCUT2D eigenvalue weighted by atomic mass is 31.2. The number of carbonyl (C=O) groups is 3. The topological polar surface area (TPSA) is 155 Å². The number of phosphoric ester groups is 1. The normalized spacial score (nSPS) is 14.2. The Balaban J connectivity index is 4.79. The number of allylic oxidation sites excluding steroid dienone is 18. The first-order valence-corrected chi connectivity index (χ1v) is 30.3. The van der Waals surface area contributed by atoms with E-state index >= 15 is 0 Å². The van der Waals surface area contributed by atoms with Gasteiger partial charge in [0.05, 0.1) is 19.8 Å². The maximum absolute atomic E-state index is 12.9. The molecule has 0 rings (SSSR count). The lowest BCUT2D eigenvalue weighted by Crippen LogP contribution is -2.30. The van der Waals surface area contributed by atoms with Gasteiger partial charge in [0.2, 0.25) is 0 Å². The summed E-state index contributed by atoms with van der Waals surface area (Å²) >= 11 is 0. The van der Waals surface area contributed by atoms with Crippen molar-refractivity contribution in [2.45, 2.75) is 238 Å². The largest absolute Gasteiger partial charge is 0.472 e. The van der Waals surface area contributed by atoms with Crippen LogP contribution < -0.4 is 0 Å². The number of rotatable bonds is 52. The molecule has 0 aromatic heterocycles. The van der Waals surface area contributed by atoms with Crippen molar-refractivity contribution in [2.24, 2.45) is 0 Å². The van der Waals surface area contributed by atoms with Gasteiger partial charge in [-0.3, -0.25) is 23.4 Å². The van der Waals surface area contributed by atoms with Crippen LogP contribution in [-0.4, -0.2) is 66.5 Å². The molecule has 0 saturated carbocycles. The highest BCUT2D eigenvalue weighted by molar-refractivity contribution is 7.47. The molecule has 0 aromatic carbocycles. The molecule has 0 amide bonds. The van der Waals surface area contributed by atoms with Crippen molar-refractivity contribution < 1.29 is 52.2 Å². The molecule has 0 aromatic rings. The summed E-state index contributed by atoms with van der Waals surface area (Å²) < 4.78 is 39.5. The van der Waals surface area contributed by atoms with Crippen LogP contribution in [0.1, 0.15) is 226 Å². The van der Waals surface area contributed by atoms with Crippen molar-refractivity contribution in [1.29, 1.82) is 0 Å². The van der Waals surface area contributed by atoms with Gasteiger partial charge in [0.1, 0.15) is 12.7 Å². The van der Waals surface area contributed by atoms with Gasteiger partial charge in [0.25, 0.3) is 0 Å². The van der Waals surface area contributed by atoms with Crippen LogP contribution in [0.4, 0.5) is 0 Å². The Bertz CT molecular complexity index is 1660. The number of esters is 3. The molecule has 0 fully saturated rings. The van der Waals surface area contributed by atoms with Gasteiger partial charge in [-0.05, 0) is 122 Å². The van der Waals surface area contributed by atoms with Crippen molar-refractivity contribution in [3.05, 3.63) is 109 Å². The molecule has 0 heterocycles. The minimum absolute atomic E-state index is 0.131. The molecule has 0 aliphatic rings. The van der Waals surface area contributed by atoms with E-state index in [2.05, 4.69) is 130 Å². The van der Waals surface area contributed by atoms with E-state index in [1.54, 1.807) is 0 Å². The molecule has 3 atom stereocenters. The number of aliphatic hydroxyl groups is 1. The average molecular weight is 1060 g/mol. The molecule has 11 nitrogen and oxygen atoms in total. The Morgan fingerprint density at radius 2 is 0.703 bits per heavy atom. The number of unbranched alkanes of at least 4 members (excludes halogenated alkanes) is 17. The Hall–Kier alpha value is -3.86. The van der Waals surface area contributed by atoms with Crippen LogP contribution in [0.3, 0.4) is 0 Å². The number of phosphoric acid groups is 1. The van der Waals surface area contributed by atoms with E-state index in [9.17, 15) is 28.9 Å². The van der Waals surface area contributed by atoms with Crippen LogP contribution in [0.15, 0.2) is 109 Å². The van der Waals surface area contributed by atoms with Gasteiger partial charge in [-0.15, -0.1) is 0 Å². The molecular weight excluding hydrogens is 952 g/mol. The van der Waals surface area contributed by atoms with Crippen LogP contribution in [0.25, 0.3) is 0 Å². The predicted octanol–water partition coefficient (Wildman–Crippen LogP) is 17.0. The van der Waals surface area contributed by atoms with E-state index in [0.29, 0.717) is 19.3 Å². The lowest BCUT2D eigenvalue weighted by molar-refractivity contribution is -0.161. The highest BCUT2D eigenvalue weighted by Crippen LogP contribution is 2.43. The fraction of sp³-hybridized carbons (Fsp3) is 0.661. The lowest BCUT2D eigenvalue weighted by Gasteiger charge is -2.21. The summed E-state index contributed by atoms with van der Waals surface area (Å²) in [5.41, 5.74) is 0. The quantitative estimate of drug-likeness (QED) is 0.0197. The summed E-state index contributed by atoms with van der Waals surface area (Å²) in [6, 6.07) is 0. The van der Waals surface area contributed by atoms with Crippen molar-refractivity contribution in [2.75, 3.05) is 26.4 Å². The molecule has 0 aliphatic carbocycles. The number of carbonyl (C=O) groups excluding carboxylic acids is 3. The SMILES string of the molecule is CC/C=C\C/C=C\C/C=C\C/C=C\CCCCCCC(=O)OC(CO)COP(=O)(O)OCC(COC(=O)CCCCCCC/C=C\CCCCCC)OC(=O)CCCCCC/C=C\C/C=C\C/C=C\C/C=C\CC. The van der Waals surface area contributed by atoms with Gasteiger partial charge in [-0.25, -0.2) is 4.57 Å². The van der Waals surface area contributed by atoms with Crippen molar-refractivity contribution in [3.63, 3.8) is 0 Å². The van der Waals surface area contributed by atoms with Gasteiger partial charge in [-0.1, -0.05) is 194 Å². The molecular formula is C62H103O11P. The van der Waals surface area contributed by atoms with Crippen LogP contribution in [0.2, 0.25) is 0 Å². The van der Waals surface area contributed by atoms with E-state index in [4.69, 9.17) is 23.3 Å². The molecule has 0 radical (unpaired) electrons. The summed E-state index contributed by atoms with van der Waals surface area (Å²) in [4.78, 5) is 48.5. The standard InChI is InChI=1S/C62H103O11P/c1-4-7-10-13-16-19-22-25-27-29-31-34-37-40-43-46-49-52-61(65)72-58(54-63)56-70-74(67,68)71-57-59(55-69-60(64)51-48-45-42-39-36-33-24-21-18-15-12-9-6-3)73-62(66)53-50-47-44-41-38-35-32-30-28-26-23-20-17-14-11-8-5-2/h7-8,10-11,16-17,19-21,24-28,31-32,34-35,58-59,63H,4-6,9,12-15,18,22-23,29-30,33,36-57H2,1-3H3,(H,67,68)/b10-7-,11-8-,19-16-,20-17-,24-21-,27-25-,28-26-,34-31-,35-32-. The van der Waals surface area contributed by atoms with Crippen LogP contribution in [-0.2, 0) is 42.2 Å². The summed E-state index contributed by atoms with van der Waals surface area (Å²) in [7, 11) is -4.77. The zero-order valence-electron chi connectivity index (χ0n) is 46.5. The number of hydrogen-bond acceptors (Lipinski definition) is 10. The summed E-state index contributed by atoms with van der Waals surface area (Å²) in [5, 5.41) is 9.82. The molecule has 422 valence electrons. The number of hydrogen-bond donors (Lipinski definition) is 2. The van der Waals surface area contributed by atoms with E-state index in [0.717, 1.165) is 141 Å². The van der Waals surface area contributed by atoms with Gasteiger partial charge >= 0.3 is 25.7 Å². The molecule has 74 heavy (non-hydrogen) atoms. The molecule has 12 heteroatoms. The molecule has 0 aliphatic heterocycles. The second kappa shape index (κ2) is 55.4. The average Bonchev–Trinajstić information content (AvgIpc) is 3.39. The van der Waals surface area contributed by atoms with Crippen LogP contribution in [0, 0.1) is 0 Å². The maximum Gasteiger partial charge on any atom is 0.472 e. The van der Waals surface area contributed by atoms with E-state index < -0.39 is 57.8 Å². The minimum Gasteiger partial charge on any atom is -0.462 e. The van der Waals surface area contributed by atoms with Gasteiger partial charge in [-0.2, -0.15) is 0 Å². The second-order valence-electron chi connectivity index (χ2n) is 18.7. The lowest BCUT2D eigenvalue weighted by atomic mass is 10.1. The fourth-order valence-corrected chi connectivity index (χ4v) is 8.12. The Kier molecular flexibility index (Phi) is 52.5. The third-order valence-electron chi connectivity index (χ3n) is 11.7. The zero-order valence-corrected chi connectivity index (χ0v) is 47.4. The third-order valence-corrected chi connectivity index (χ3v) is 12.6. The summed E-state index contributed by atoms with van der Waals surface area (Å²) in [6.07, 6.45) is 66.1. The van der Waals surface area contributed by atoms with Crippen molar-refractivity contribution >= 4 is 25.7 Å². The fourth-order valence-electron chi connectivity index (χ4n) is 7.33. The predicted molar refractivity (Wildman–Crippen MR) is 307 cm³/mol. The molecule has 3 unspecified atom stereocenters. The number of ether oxygens (including phenoxy) is 3. The van der Waals surface area contributed by atoms with Gasteiger partial charge in [0, 0.05) is 19.3 Å². The second-order valence-corrected chi connectivity index (χ2v) is 20.1. The first-order chi connectivity index (χ1) is 36.2. The van der Waals surface area contributed by atoms with Gasteiger partial charge < -0.3 is 24.2 Å². The highest BCUT2D eigenvalue weighted by Gasteiger charge is 2.28. The minimum atomic E-state index is -4.77. The summed E-state index contributed by atoms with van der Waals surface area (Å²) in [6.45, 7) is 4.33. The Morgan fingerprint density at radius 1 is 0.392 bits per heavy atom. The Morgan fingerprint density at radius 3 is 1.09 bits per heavy atom.